The van der Waals surface area contributed by atoms with Gasteiger partial charge in [-0.1, -0.05) is 12.1 Å². The Labute approximate surface area is 211 Å². The maximum absolute atomic E-state index is 13.6. The van der Waals surface area contributed by atoms with Crippen LogP contribution in [0.3, 0.4) is 0 Å². The second-order valence-electron chi connectivity index (χ2n) is 9.95. The molecule has 36 heavy (non-hydrogen) atoms. The van der Waals surface area contributed by atoms with E-state index in [0.29, 0.717) is 36.5 Å². The van der Waals surface area contributed by atoms with Gasteiger partial charge in [0.1, 0.15) is 23.4 Å². The minimum absolute atomic E-state index is 0.159. The number of ether oxygens (including phenoxy) is 1. The van der Waals surface area contributed by atoms with Crippen LogP contribution in [-0.2, 0) is 10.0 Å². The number of aliphatic hydroxyl groups is 1. The van der Waals surface area contributed by atoms with Crippen LogP contribution in [0.2, 0.25) is 0 Å². The zero-order valence-electron chi connectivity index (χ0n) is 20.2. The molecule has 2 aliphatic heterocycles. The van der Waals surface area contributed by atoms with Crippen molar-refractivity contribution in [2.24, 2.45) is 11.8 Å². The van der Waals surface area contributed by atoms with Crippen LogP contribution in [0.15, 0.2) is 59.6 Å². The Bertz CT molecular complexity index is 1370. The zero-order chi connectivity index (χ0) is 25.3. The molecule has 1 N–H and O–H groups in total. The summed E-state index contributed by atoms with van der Waals surface area (Å²) in [7, 11) is -3.67. The predicted molar refractivity (Wildman–Crippen MR) is 136 cm³/mol. The summed E-state index contributed by atoms with van der Waals surface area (Å²) in [5, 5.41) is 20.3. The molecule has 3 atom stereocenters. The molecule has 0 radical (unpaired) electrons. The van der Waals surface area contributed by atoms with E-state index in [1.165, 1.54) is 0 Å². The van der Waals surface area contributed by atoms with Gasteiger partial charge in [0, 0.05) is 44.3 Å². The van der Waals surface area contributed by atoms with Crippen LogP contribution in [0.5, 0.6) is 5.75 Å². The number of aryl methyl sites for hydroxylation is 1. The van der Waals surface area contributed by atoms with E-state index in [2.05, 4.69) is 16.0 Å². The Hall–Kier alpha value is -3.03. The van der Waals surface area contributed by atoms with Gasteiger partial charge in [0.2, 0.25) is 10.0 Å². The highest BCUT2D eigenvalue weighted by Gasteiger charge is 2.40. The van der Waals surface area contributed by atoms with Gasteiger partial charge in [0.05, 0.1) is 17.1 Å². The summed E-state index contributed by atoms with van der Waals surface area (Å²) in [5.74, 6) is 1.04. The monoisotopic (exact) mass is 506 g/mol. The molecule has 0 aliphatic carbocycles. The van der Waals surface area contributed by atoms with E-state index in [4.69, 9.17) is 10.00 Å². The van der Waals surface area contributed by atoms with Crippen LogP contribution in [0.25, 0.3) is 10.9 Å². The molecule has 1 aromatic heterocycles. The van der Waals surface area contributed by atoms with E-state index < -0.39 is 16.1 Å². The fraction of sp³-hybridized carbons (Fsp3) is 0.407. The first-order valence-electron chi connectivity index (χ1n) is 12.2. The minimum Gasteiger partial charge on any atom is -0.491 e. The molecule has 3 heterocycles. The number of hydrogen-bond donors (Lipinski definition) is 1. The third kappa shape index (κ3) is 5.22. The Morgan fingerprint density at radius 3 is 2.56 bits per heavy atom. The molecule has 5 rings (SSSR count). The molecule has 3 aromatic rings. The first-order valence-corrected chi connectivity index (χ1v) is 13.6. The largest absolute Gasteiger partial charge is 0.491 e. The maximum Gasteiger partial charge on any atom is 0.245 e. The molecular weight excluding hydrogens is 476 g/mol. The topological polar surface area (TPSA) is 107 Å². The molecule has 2 fully saturated rings. The average Bonchev–Trinajstić information content (AvgIpc) is 2.86. The van der Waals surface area contributed by atoms with E-state index in [1.807, 2.05) is 19.1 Å². The van der Waals surface area contributed by atoms with Crippen molar-refractivity contribution in [2.45, 2.75) is 24.3 Å². The van der Waals surface area contributed by atoms with Crippen molar-refractivity contribution in [3.63, 3.8) is 0 Å². The molecule has 3 unspecified atom stereocenters. The number of nitriles is 1. The minimum atomic E-state index is -3.67. The van der Waals surface area contributed by atoms with Crippen LogP contribution in [-0.4, -0.2) is 73.1 Å². The molecule has 8 nitrogen and oxygen atoms in total. The molecule has 188 valence electrons. The van der Waals surface area contributed by atoms with Crippen LogP contribution in [0, 0.1) is 30.1 Å². The van der Waals surface area contributed by atoms with Gasteiger partial charge >= 0.3 is 0 Å². The van der Waals surface area contributed by atoms with E-state index in [0.717, 1.165) is 30.5 Å². The van der Waals surface area contributed by atoms with Gasteiger partial charge in [-0.25, -0.2) is 8.42 Å². The lowest BCUT2D eigenvalue weighted by molar-refractivity contribution is 0.0168. The SMILES string of the molecule is Cc1cnc2c(S(=O)(=O)N3CC4CC(CN(CC(O)COc5ccc(C#N)cc5)C4)C3)cccc2c1. The number of para-hydroxylation sites is 1. The number of fused-ring (bicyclic) bond motifs is 3. The lowest BCUT2D eigenvalue weighted by Gasteiger charge is -2.45. The quantitative estimate of drug-likeness (QED) is 0.525. The summed E-state index contributed by atoms with van der Waals surface area (Å²) in [6.07, 6.45) is 2.04. The molecule has 0 amide bonds. The third-order valence-electron chi connectivity index (χ3n) is 6.95. The maximum atomic E-state index is 13.6. The number of aliphatic hydroxyl groups excluding tert-OH is 1. The number of hydrogen-bond acceptors (Lipinski definition) is 7. The Kier molecular flexibility index (Phi) is 6.95. The number of piperidine rings is 2. The van der Waals surface area contributed by atoms with Crippen LogP contribution < -0.4 is 4.74 Å². The van der Waals surface area contributed by atoms with Crippen molar-refractivity contribution in [3.05, 3.63) is 65.9 Å². The number of likely N-dealkylation sites (tertiary alicyclic amines) is 1. The van der Waals surface area contributed by atoms with E-state index in [-0.39, 0.29) is 23.3 Å². The molecule has 9 heteroatoms. The second-order valence-corrected chi connectivity index (χ2v) is 11.9. The van der Waals surface area contributed by atoms with Crippen molar-refractivity contribution < 1.29 is 18.3 Å². The fourth-order valence-electron chi connectivity index (χ4n) is 5.44. The summed E-state index contributed by atoms with van der Waals surface area (Å²) in [6.45, 7) is 4.99. The number of nitrogens with zero attached hydrogens (tertiary/aromatic N) is 4. The molecule has 0 saturated carbocycles. The summed E-state index contributed by atoms with van der Waals surface area (Å²) >= 11 is 0. The lowest BCUT2D eigenvalue weighted by Crippen LogP contribution is -2.55. The van der Waals surface area contributed by atoms with Crippen molar-refractivity contribution in [2.75, 3.05) is 39.3 Å². The third-order valence-corrected chi connectivity index (χ3v) is 8.81. The number of aromatic nitrogens is 1. The van der Waals surface area contributed by atoms with Gasteiger partial charge in [-0.3, -0.25) is 9.88 Å². The molecule has 2 saturated heterocycles. The van der Waals surface area contributed by atoms with E-state index >= 15 is 0 Å². The number of pyridine rings is 1. The summed E-state index contributed by atoms with van der Waals surface area (Å²) < 4.78 is 34.6. The molecule has 2 bridgehead atoms. The highest BCUT2D eigenvalue weighted by molar-refractivity contribution is 7.89. The van der Waals surface area contributed by atoms with E-state index in [1.54, 1.807) is 46.9 Å². The number of β-amino-alcohol motifs (C(OH)–C–C–N with tert-alkyl or cyclic N) is 1. The van der Waals surface area contributed by atoms with Gasteiger partial charge < -0.3 is 9.84 Å². The van der Waals surface area contributed by atoms with Gasteiger partial charge in [-0.2, -0.15) is 9.57 Å². The molecule has 0 spiro atoms. The van der Waals surface area contributed by atoms with Gasteiger partial charge in [-0.05, 0) is 67.1 Å². The van der Waals surface area contributed by atoms with Gasteiger partial charge in [0.15, 0.2) is 0 Å². The van der Waals surface area contributed by atoms with Crippen LogP contribution >= 0.6 is 0 Å². The van der Waals surface area contributed by atoms with Gasteiger partial charge in [0.25, 0.3) is 0 Å². The van der Waals surface area contributed by atoms with Crippen LogP contribution in [0.4, 0.5) is 0 Å². The predicted octanol–water partition coefficient (Wildman–Crippen LogP) is 2.80. The summed E-state index contributed by atoms with van der Waals surface area (Å²) in [5.41, 5.74) is 2.07. The highest BCUT2D eigenvalue weighted by atomic mass is 32.2. The lowest BCUT2D eigenvalue weighted by atomic mass is 9.85. The van der Waals surface area contributed by atoms with Crippen molar-refractivity contribution in [3.8, 4) is 11.8 Å². The molecule has 2 aliphatic rings. The standard InChI is InChI=1S/C27H30N4O4S/c1-19-9-23-3-2-4-26(27(23)29-12-19)36(33,34)31-15-21-10-22(16-31)14-30(13-21)17-24(32)18-35-25-7-5-20(11-28)6-8-25/h2-9,12,21-22,24,32H,10,13-18H2,1H3. The van der Waals surface area contributed by atoms with Crippen molar-refractivity contribution in [1.82, 2.24) is 14.2 Å². The number of sulfonamides is 1. The molecular formula is C27H30N4O4S. The normalized spacial score (nSPS) is 21.7. The Morgan fingerprint density at radius 1 is 1.14 bits per heavy atom. The van der Waals surface area contributed by atoms with Crippen molar-refractivity contribution in [1.29, 1.82) is 5.26 Å². The summed E-state index contributed by atoms with van der Waals surface area (Å²) in [6, 6.07) is 16.2. The Morgan fingerprint density at radius 2 is 1.86 bits per heavy atom. The number of rotatable bonds is 7. The second kappa shape index (κ2) is 10.1. The van der Waals surface area contributed by atoms with Gasteiger partial charge in [-0.15, -0.1) is 0 Å². The fourth-order valence-corrected chi connectivity index (χ4v) is 7.20. The Balaban J connectivity index is 1.21. The highest BCUT2D eigenvalue weighted by Crippen LogP contribution is 2.33. The van der Waals surface area contributed by atoms with Crippen molar-refractivity contribution >= 4 is 20.9 Å². The molecule has 2 aromatic carbocycles. The zero-order valence-corrected chi connectivity index (χ0v) is 21.1. The average molecular weight is 507 g/mol. The first-order chi connectivity index (χ1) is 17.3. The first kappa shape index (κ1) is 24.7. The van der Waals surface area contributed by atoms with E-state index in [9.17, 15) is 13.5 Å². The summed E-state index contributed by atoms with van der Waals surface area (Å²) in [4.78, 5) is 6.93. The van der Waals surface area contributed by atoms with Crippen LogP contribution in [0.1, 0.15) is 17.5 Å². The number of benzene rings is 2. The smallest absolute Gasteiger partial charge is 0.245 e.